The number of carbonyl (C=O) groups excluding carboxylic acids is 2. The lowest BCUT2D eigenvalue weighted by molar-refractivity contribution is -0.449. The number of hydrogen-bond acceptors (Lipinski definition) is 2. The standard InChI is InChI=1S/C13H9F15N2O2/c1-4(2)5(31)29-30(3)6(32)7(14,15)8(16,17)9(18,19)10(20,21)11(22,23)12(24,25)13(26,27)28/h1H2,2-3H3,(H,29,31). The second-order valence-corrected chi connectivity index (χ2v) is 6.03. The molecule has 0 atom stereocenters. The molecule has 0 aromatic carbocycles. The molecular weight excluding hydrogens is 501 g/mol. The molecule has 0 saturated carbocycles. The molecule has 0 aliphatic heterocycles. The van der Waals surface area contributed by atoms with Crippen molar-refractivity contribution < 1.29 is 75.4 Å². The Morgan fingerprint density at radius 3 is 1.28 bits per heavy atom. The van der Waals surface area contributed by atoms with Gasteiger partial charge in [0, 0.05) is 12.6 Å². The van der Waals surface area contributed by atoms with Crippen LogP contribution in [-0.4, -0.2) is 65.6 Å². The molecule has 32 heavy (non-hydrogen) atoms. The molecule has 1 N–H and O–H groups in total. The van der Waals surface area contributed by atoms with Gasteiger partial charge in [-0.15, -0.1) is 0 Å². The number of nitrogens with one attached hydrogen (secondary N) is 1. The average Bonchev–Trinajstić information content (AvgIpc) is 2.58. The molecule has 0 unspecified atom stereocenters. The maximum atomic E-state index is 13.7. The van der Waals surface area contributed by atoms with Gasteiger partial charge < -0.3 is 0 Å². The normalized spacial score (nSPS) is 14.8. The topological polar surface area (TPSA) is 49.4 Å². The number of amides is 2. The van der Waals surface area contributed by atoms with Gasteiger partial charge in [-0.1, -0.05) is 6.58 Å². The average molecular weight is 510 g/mol. The van der Waals surface area contributed by atoms with Crippen molar-refractivity contribution in [1.82, 2.24) is 10.4 Å². The monoisotopic (exact) mass is 510 g/mol. The fraction of sp³-hybridized carbons (Fsp3) is 0.692. The van der Waals surface area contributed by atoms with E-state index in [-0.39, 0.29) is 7.05 Å². The van der Waals surface area contributed by atoms with Crippen LogP contribution in [0.25, 0.3) is 0 Å². The summed E-state index contributed by atoms with van der Waals surface area (Å²) in [4.78, 5) is 22.4. The summed E-state index contributed by atoms with van der Waals surface area (Å²) in [5.41, 5.74) is 0.385. The number of nitrogens with zero attached hydrogens (tertiary/aromatic N) is 1. The first-order valence-corrected chi connectivity index (χ1v) is 7.24. The molecule has 0 aromatic rings. The first-order valence-electron chi connectivity index (χ1n) is 7.24. The van der Waals surface area contributed by atoms with Gasteiger partial charge >= 0.3 is 47.6 Å². The fourth-order valence-corrected chi connectivity index (χ4v) is 1.61. The van der Waals surface area contributed by atoms with Crippen LogP contribution in [-0.2, 0) is 9.59 Å². The third-order valence-electron chi connectivity index (χ3n) is 3.56. The first-order chi connectivity index (χ1) is 13.7. The highest BCUT2D eigenvalue weighted by Crippen LogP contribution is 2.62. The predicted octanol–water partition coefficient (Wildman–Crippen LogP) is 4.43. The summed E-state index contributed by atoms with van der Waals surface area (Å²) in [6, 6.07) is 0. The Hall–Kier alpha value is -2.37. The molecule has 0 saturated heterocycles. The van der Waals surface area contributed by atoms with Crippen LogP contribution in [0.3, 0.4) is 0 Å². The van der Waals surface area contributed by atoms with E-state index < -0.39 is 64.1 Å². The van der Waals surface area contributed by atoms with Crippen molar-refractivity contribution >= 4 is 11.8 Å². The second kappa shape index (κ2) is 7.89. The molecule has 0 heterocycles. The molecule has 0 fully saturated rings. The number of carbonyl (C=O) groups is 2. The van der Waals surface area contributed by atoms with E-state index in [4.69, 9.17) is 0 Å². The van der Waals surface area contributed by atoms with Crippen LogP contribution in [0, 0.1) is 0 Å². The predicted molar refractivity (Wildman–Crippen MR) is 71.5 cm³/mol. The van der Waals surface area contributed by atoms with Crippen LogP contribution < -0.4 is 5.43 Å². The van der Waals surface area contributed by atoms with Crippen molar-refractivity contribution in [2.24, 2.45) is 0 Å². The largest absolute Gasteiger partial charge is 0.460 e. The molecule has 0 radical (unpaired) electrons. The molecule has 0 aromatic heterocycles. The van der Waals surface area contributed by atoms with E-state index in [2.05, 4.69) is 6.58 Å². The quantitative estimate of drug-likeness (QED) is 0.313. The molecule has 0 aliphatic carbocycles. The Kier molecular flexibility index (Phi) is 7.31. The number of alkyl halides is 15. The third-order valence-corrected chi connectivity index (χ3v) is 3.56. The van der Waals surface area contributed by atoms with Gasteiger partial charge in [-0.2, -0.15) is 65.9 Å². The number of halogens is 15. The van der Waals surface area contributed by atoms with Crippen LogP contribution in [0.15, 0.2) is 12.2 Å². The lowest BCUT2D eigenvalue weighted by Crippen LogP contribution is -2.74. The van der Waals surface area contributed by atoms with Gasteiger partial charge in [0.05, 0.1) is 0 Å². The van der Waals surface area contributed by atoms with Crippen molar-refractivity contribution in [2.45, 2.75) is 48.6 Å². The Bertz CT molecular complexity index is 772. The van der Waals surface area contributed by atoms with Gasteiger partial charge in [-0.05, 0) is 6.92 Å². The van der Waals surface area contributed by atoms with Gasteiger partial charge in [0.15, 0.2) is 0 Å². The zero-order chi connectivity index (χ0) is 26.5. The smallest absolute Gasteiger partial charge is 0.268 e. The molecule has 19 heteroatoms. The van der Waals surface area contributed by atoms with Gasteiger partial charge in [-0.25, -0.2) is 0 Å². The number of hydrogen-bond donors (Lipinski definition) is 1. The van der Waals surface area contributed by atoms with Crippen molar-refractivity contribution in [3.63, 3.8) is 0 Å². The summed E-state index contributed by atoms with van der Waals surface area (Å²) in [6.07, 6.45) is -7.73. The molecule has 0 aliphatic rings. The van der Waals surface area contributed by atoms with Crippen molar-refractivity contribution in [3.8, 4) is 0 Å². The molecule has 0 spiro atoms. The summed E-state index contributed by atoms with van der Waals surface area (Å²) in [7, 11) is -0.0458. The van der Waals surface area contributed by atoms with Crippen LogP contribution in [0.5, 0.6) is 0 Å². The van der Waals surface area contributed by atoms with Crippen molar-refractivity contribution in [2.75, 3.05) is 7.05 Å². The molecule has 2 amide bonds. The van der Waals surface area contributed by atoms with E-state index >= 15 is 0 Å². The minimum atomic E-state index is -8.51. The SMILES string of the molecule is C=C(C)C(=O)NN(C)C(=O)C(F)(F)C(F)(F)C(F)(F)C(F)(F)C(F)(F)C(F)(F)C(F)(F)F. The van der Waals surface area contributed by atoms with E-state index in [1.165, 1.54) is 0 Å². The Morgan fingerprint density at radius 2 is 0.969 bits per heavy atom. The van der Waals surface area contributed by atoms with Gasteiger partial charge in [0.1, 0.15) is 0 Å². The summed E-state index contributed by atoms with van der Waals surface area (Å²) in [5, 5.41) is -0.998. The van der Waals surface area contributed by atoms with Gasteiger partial charge in [-0.3, -0.25) is 20.0 Å². The van der Waals surface area contributed by atoms with Crippen LogP contribution >= 0.6 is 0 Å². The van der Waals surface area contributed by atoms with Crippen molar-refractivity contribution in [1.29, 1.82) is 0 Å². The maximum absolute atomic E-state index is 13.7. The summed E-state index contributed by atoms with van der Waals surface area (Å²) in [5.74, 6) is -53.9. The van der Waals surface area contributed by atoms with E-state index in [0.717, 1.165) is 12.3 Å². The highest BCUT2D eigenvalue weighted by atomic mass is 19.4. The highest BCUT2D eigenvalue weighted by Gasteiger charge is 2.94. The molecule has 188 valence electrons. The minimum Gasteiger partial charge on any atom is -0.268 e. The molecule has 0 bridgehead atoms. The Labute approximate surface area is 167 Å². The zero-order valence-electron chi connectivity index (χ0n) is 15.1. The fourth-order valence-electron chi connectivity index (χ4n) is 1.61. The first kappa shape index (κ1) is 29.6. The van der Waals surface area contributed by atoms with Crippen LogP contribution in [0.1, 0.15) is 6.92 Å². The second-order valence-electron chi connectivity index (χ2n) is 6.03. The maximum Gasteiger partial charge on any atom is 0.460 e. The lowest BCUT2D eigenvalue weighted by atomic mass is 9.91. The number of rotatable bonds is 7. The van der Waals surface area contributed by atoms with Crippen LogP contribution in [0.4, 0.5) is 65.9 Å². The Morgan fingerprint density at radius 1 is 0.656 bits per heavy atom. The van der Waals surface area contributed by atoms with Crippen molar-refractivity contribution in [3.05, 3.63) is 12.2 Å². The van der Waals surface area contributed by atoms with Crippen LogP contribution in [0.2, 0.25) is 0 Å². The van der Waals surface area contributed by atoms with E-state index in [1.807, 2.05) is 0 Å². The summed E-state index contributed by atoms with van der Waals surface area (Å²) < 4.78 is 195. The highest BCUT2D eigenvalue weighted by molar-refractivity contribution is 5.94. The Balaban J connectivity index is 6.51. The minimum absolute atomic E-state index is 0.0458. The zero-order valence-corrected chi connectivity index (χ0v) is 15.1. The van der Waals surface area contributed by atoms with E-state index in [1.54, 1.807) is 0 Å². The molecular formula is C13H9F15N2O2. The third kappa shape index (κ3) is 4.04. The van der Waals surface area contributed by atoms with Gasteiger partial charge in [0.25, 0.3) is 5.91 Å². The van der Waals surface area contributed by atoms with E-state index in [9.17, 15) is 75.4 Å². The molecule has 0 rings (SSSR count). The lowest BCUT2D eigenvalue weighted by Gasteiger charge is -2.41. The summed E-state index contributed by atoms with van der Waals surface area (Å²) >= 11 is 0. The molecule has 4 nitrogen and oxygen atoms in total. The van der Waals surface area contributed by atoms with E-state index in [0.29, 0.717) is 0 Å². The number of hydrazine groups is 1. The van der Waals surface area contributed by atoms with Gasteiger partial charge in [0.2, 0.25) is 0 Å². The summed E-state index contributed by atoms with van der Waals surface area (Å²) in [6.45, 7) is 3.70.